The van der Waals surface area contributed by atoms with Crippen LogP contribution in [0.1, 0.15) is 64.0 Å². The predicted octanol–water partition coefficient (Wildman–Crippen LogP) is 4.12. The largest absolute Gasteiger partial charge is 0.487 e. The van der Waals surface area contributed by atoms with Crippen molar-refractivity contribution in [3.05, 3.63) is 29.6 Å². The van der Waals surface area contributed by atoms with Crippen LogP contribution in [-0.2, 0) is 4.74 Å². The van der Waals surface area contributed by atoms with Gasteiger partial charge in [0.1, 0.15) is 17.2 Å². The van der Waals surface area contributed by atoms with Crippen LogP contribution in [0.25, 0.3) is 0 Å². The maximum atomic E-state index is 13.7. The first-order valence-corrected chi connectivity index (χ1v) is 8.83. The summed E-state index contributed by atoms with van der Waals surface area (Å²) < 4.78 is 25.8. The molecular formula is C19H26FNO2. The third kappa shape index (κ3) is 2.99. The van der Waals surface area contributed by atoms with Gasteiger partial charge in [0.05, 0.1) is 5.60 Å². The van der Waals surface area contributed by atoms with Crippen LogP contribution in [0.4, 0.5) is 4.39 Å². The minimum absolute atomic E-state index is 0.126. The summed E-state index contributed by atoms with van der Waals surface area (Å²) in [7, 11) is 0. The van der Waals surface area contributed by atoms with Crippen LogP contribution in [0, 0.1) is 5.82 Å². The van der Waals surface area contributed by atoms with Gasteiger partial charge in [-0.05, 0) is 64.2 Å². The highest BCUT2D eigenvalue weighted by molar-refractivity contribution is 5.39. The van der Waals surface area contributed by atoms with E-state index in [1.807, 2.05) is 0 Å². The zero-order valence-electron chi connectivity index (χ0n) is 14.0. The van der Waals surface area contributed by atoms with Crippen LogP contribution in [-0.4, -0.2) is 23.9 Å². The Balaban J connectivity index is 1.55. The Hall–Kier alpha value is -1.13. The molecule has 2 unspecified atom stereocenters. The topological polar surface area (TPSA) is 30.5 Å². The Bertz CT molecular complexity index is 597. The van der Waals surface area contributed by atoms with Crippen molar-refractivity contribution in [3.8, 4) is 5.75 Å². The minimum Gasteiger partial charge on any atom is -0.487 e. The molecule has 126 valence electrons. The Kier molecular flexibility index (Phi) is 3.65. The molecule has 2 atom stereocenters. The van der Waals surface area contributed by atoms with Crippen molar-refractivity contribution in [2.45, 2.75) is 75.7 Å². The third-order valence-electron chi connectivity index (χ3n) is 5.62. The van der Waals surface area contributed by atoms with Crippen molar-refractivity contribution in [1.82, 2.24) is 5.32 Å². The fourth-order valence-electron chi connectivity index (χ4n) is 4.35. The average Bonchev–Trinajstić information content (AvgIpc) is 2.46. The summed E-state index contributed by atoms with van der Waals surface area (Å²) in [6.07, 6.45) is 6.63. The lowest BCUT2D eigenvalue weighted by atomic mass is 9.73. The molecule has 23 heavy (non-hydrogen) atoms. The van der Waals surface area contributed by atoms with E-state index in [0.717, 1.165) is 37.2 Å². The first kappa shape index (κ1) is 15.4. The fourth-order valence-corrected chi connectivity index (χ4v) is 4.35. The molecular weight excluding hydrogens is 293 g/mol. The lowest BCUT2D eigenvalue weighted by Gasteiger charge is -2.48. The molecule has 1 saturated heterocycles. The third-order valence-corrected chi connectivity index (χ3v) is 5.62. The zero-order chi connectivity index (χ0) is 16.1. The first-order valence-electron chi connectivity index (χ1n) is 8.83. The van der Waals surface area contributed by atoms with Gasteiger partial charge in [-0.25, -0.2) is 4.39 Å². The molecule has 0 bridgehead atoms. The van der Waals surface area contributed by atoms with E-state index in [4.69, 9.17) is 9.47 Å². The SMILES string of the molecule is CC1(C)CC(NC2CCOC3(CCC3)C2)c2cc(F)ccc2O1. The highest BCUT2D eigenvalue weighted by Crippen LogP contribution is 2.44. The van der Waals surface area contributed by atoms with Gasteiger partial charge in [-0.1, -0.05) is 0 Å². The molecule has 1 saturated carbocycles. The van der Waals surface area contributed by atoms with E-state index < -0.39 is 0 Å². The van der Waals surface area contributed by atoms with Gasteiger partial charge in [0.15, 0.2) is 0 Å². The van der Waals surface area contributed by atoms with Crippen molar-refractivity contribution in [2.75, 3.05) is 6.61 Å². The Morgan fingerprint density at radius 1 is 1.22 bits per heavy atom. The Labute approximate surface area is 137 Å². The van der Waals surface area contributed by atoms with Gasteiger partial charge in [-0.2, -0.15) is 0 Å². The van der Waals surface area contributed by atoms with Gasteiger partial charge in [0.2, 0.25) is 0 Å². The van der Waals surface area contributed by atoms with Crippen LogP contribution < -0.4 is 10.1 Å². The van der Waals surface area contributed by atoms with Gasteiger partial charge >= 0.3 is 0 Å². The number of rotatable bonds is 2. The van der Waals surface area contributed by atoms with Crippen molar-refractivity contribution in [3.63, 3.8) is 0 Å². The molecule has 4 rings (SSSR count). The Morgan fingerprint density at radius 3 is 2.78 bits per heavy atom. The highest BCUT2D eigenvalue weighted by Gasteiger charge is 2.44. The van der Waals surface area contributed by atoms with Gasteiger partial charge in [-0.3, -0.25) is 0 Å². The molecule has 1 aromatic carbocycles. The van der Waals surface area contributed by atoms with E-state index in [9.17, 15) is 4.39 Å². The summed E-state index contributed by atoms with van der Waals surface area (Å²) in [5.74, 6) is 0.617. The van der Waals surface area contributed by atoms with Gasteiger partial charge in [-0.15, -0.1) is 0 Å². The molecule has 2 heterocycles. The smallest absolute Gasteiger partial charge is 0.125 e. The summed E-state index contributed by atoms with van der Waals surface area (Å²) in [5, 5.41) is 3.79. The number of hydrogen-bond acceptors (Lipinski definition) is 3. The maximum absolute atomic E-state index is 13.7. The number of nitrogens with one attached hydrogen (secondary N) is 1. The molecule has 0 amide bonds. The van der Waals surface area contributed by atoms with Gasteiger partial charge in [0.25, 0.3) is 0 Å². The molecule has 1 N–H and O–H groups in total. The molecule has 1 spiro atoms. The molecule has 2 aliphatic heterocycles. The van der Waals surface area contributed by atoms with Crippen LogP contribution >= 0.6 is 0 Å². The summed E-state index contributed by atoms with van der Waals surface area (Å²) in [6, 6.07) is 5.46. The van der Waals surface area contributed by atoms with E-state index in [2.05, 4.69) is 19.2 Å². The molecule has 4 heteroatoms. The van der Waals surface area contributed by atoms with Crippen LogP contribution in [0.15, 0.2) is 18.2 Å². The lowest BCUT2D eigenvalue weighted by molar-refractivity contribution is -0.137. The van der Waals surface area contributed by atoms with E-state index in [1.54, 1.807) is 12.1 Å². The second kappa shape index (κ2) is 5.45. The summed E-state index contributed by atoms with van der Waals surface area (Å²) in [6.45, 7) is 5.04. The van der Waals surface area contributed by atoms with Crippen molar-refractivity contribution in [2.24, 2.45) is 0 Å². The quantitative estimate of drug-likeness (QED) is 0.889. The molecule has 3 nitrogen and oxygen atoms in total. The molecule has 2 fully saturated rings. The number of benzene rings is 1. The second-order valence-corrected chi connectivity index (χ2v) is 8.04. The zero-order valence-corrected chi connectivity index (χ0v) is 14.0. The monoisotopic (exact) mass is 319 g/mol. The minimum atomic E-state index is -0.234. The summed E-state index contributed by atoms with van der Waals surface area (Å²) in [5.41, 5.74) is 0.849. The lowest BCUT2D eigenvalue weighted by Crippen LogP contribution is -2.52. The normalized spacial score (nSPS) is 31.1. The Morgan fingerprint density at radius 2 is 2.04 bits per heavy atom. The van der Waals surface area contributed by atoms with Crippen molar-refractivity contribution in [1.29, 1.82) is 0 Å². The molecule has 1 aromatic rings. The van der Waals surface area contributed by atoms with E-state index in [1.165, 1.54) is 25.3 Å². The van der Waals surface area contributed by atoms with E-state index >= 15 is 0 Å². The van der Waals surface area contributed by atoms with Crippen LogP contribution in [0.3, 0.4) is 0 Å². The first-order chi connectivity index (χ1) is 10.9. The highest BCUT2D eigenvalue weighted by atomic mass is 19.1. The van der Waals surface area contributed by atoms with E-state index in [0.29, 0.717) is 6.04 Å². The van der Waals surface area contributed by atoms with Crippen LogP contribution in [0.2, 0.25) is 0 Å². The number of ether oxygens (including phenoxy) is 2. The molecule has 3 aliphatic rings. The van der Waals surface area contributed by atoms with Crippen LogP contribution in [0.5, 0.6) is 5.75 Å². The van der Waals surface area contributed by atoms with E-state index in [-0.39, 0.29) is 23.1 Å². The number of hydrogen-bond donors (Lipinski definition) is 1. The predicted molar refractivity (Wildman–Crippen MR) is 87.2 cm³/mol. The van der Waals surface area contributed by atoms with Gasteiger partial charge in [0, 0.05) is 30.7 Å². The average molecular weight is 319 g/mol. The summed E-state index contributed by atoms with van der Waals surface area (Å²) >= 11 is 0. The molecule has 0 radical (unpaired) electrons. The number of fused-ring (bicyclic) bond motifs is 1. The number of halogens is 1. The van der Waals surface area contributed by atoms with Gasteiger partial charge < -0.3 is 14.8 Å². The van der Waals surface area contributed by atoms with Crippen molar-refractivity contribution < 1.29 is 13.9 Å². The standard InChI is InChI=1S/C19H26FNO2/c1-18(2)12-16(15-10-13(20)4-5-17(15)23-18)21-14-6-9-22-19(11-14)7-3-8-19/h4-5,10,14,16,21H,3,6-9,11-12H2,1-2H3. The maximum Gasteiger partial charge on any atom is 0.125 e. The summed E-state index contributed by atoms with van der Waals surface area (Å²) in [4.78, 5) is 0. The second-order valence-electron chi connectivity index (χ2n) is 8.04. The molecule has 0 aromatic heterocycles. The fraction of sp³-hybridized carbons (Fsp3) is 0.684. The molecule has 1 aliphatic carbocycles. The van der Waals surface area contributed by atoms with Crippen molar-refractivity contribution >= 4 is 0 Å².